The molecule has 3 rings (SSSR count). The molecule has 3 aromatic heterocycles. The molecule has 120 valence electrons. The highest BCUT2D eigenvalue weighted by Crippen LogP contribution is 2.31. The van der Waals surface area contributed by atoms with Gasteiger partial charge in [-0.2, -0.15) is 18.2 Å². The molecule has 0 saturated heterocycles. The summed E-state index contributed by atoms with van der Waals surface area (Å²) in [5, 5.41) is 6.88. The Hall–Kier alpha value is -2.56. The Morgan fingerprint density at radius 2 is 2.00 bits per heavy atom. The Kier molecular flexibility index (Phi) is 3.51. The van der Waals surface area contributed by atoms with Crippen LogP contribution in [0.3, 0.4) is 0 Å². The second-order valence-corrected chi connectivity index (χ2v) is 5.53. The van der Waals surface area contributed by atoms with Crippen LogP contribution in [0.1, 0.15) is 27.7 Å². The molecule has 1 N–H and O–H groups in total. The molecule has 0 fully saturated rings. The standard InChI is InChI=1S/C12H9F3N6OS/c1-5-3-6(2)21-10(16-5)18-8(20-21)9(22)19-11-17-7(4-23-11)12(13,14)15/h3-4H,1-2H3,(H,17,19,22). The van der Waals surface area contributed by atoms with Gasteiger partial charge in [0.25, 0.3) is 11.7 Å². The van der Waals surface area contributed by atoms with Gasteiger partial charge in [-0.15, -0.1) is 16.4 Å². The van der Waals surface area contributed by atoms with Crippen LogP contribution < -0.4 is 5.32 Å². The van der Waals surface area contributed by atoms with Crippen LogP contribution >= 0.6 is 11.3 Å². The highest BCUT2D eigenvalue weighted by atomic mass is 32.1. The maximum absolute atomic E-state index is 12.5. The van der Waals surface area contributed by atoms with Crippen molar-refractivity contribution in [3.63, 3.8) is 0 Å². The van der Waals surface area contributed by atoms with Crippen LogP contribution in [0.25, 0.3) is 5.78 Å². The molecule has 0 atom stereocenters. The maximum atomic E-state index is 12.5. The third-order valence-electron chi connectivity index (χ3n) is 2.84. The van der Waals surface area contributed by atoms with E-state index in [1.165, 1.54) is 4.52 Å². The number of carbonyl (C=O) groups excluding carboxylic acids is 1. The first kappa shape index (κ1) is 15.3. The molecule has 0 radical (unpaired) electrons. The number of alkyl halides is 3. The minimum absolute atomic E-state index is 0.179. The van der Waals surface area contributed by atoms with Crippen molar-refractivity contribution in [3.8, 4) is 0 Å². The number of aromatic nitrogens is 5. The fourth-order valence-electron chi connectivity index (χ4n) is 1.88. The fraction of sp³-hybridized carbons (Fsp3) is 0.250. The lowest BCUT2D eigenvalue weighted by atomic mass is 10.4. The molecule has 0 bridgehead atoms. The molecule has 0 saturated carbocycles. The van der Waals surface area contributed by atoms with Gasteiger partial charge in [0.05, 0.1) is 0 Å². The van der Waals surface area contributed by atoms with E-state index < -0.39 is 17.8 Å². The average Bonchev–Trinajstić information content (AvgIpc) is 3.04. The van der Waals surface area contributed by atoms with Crippen LogP contribution in [0, 0.1) is 13.8 Å². The Morgan fingerprint density at radius 3 is 2.65 bits per heavy atom. The monoisotopic (exact) mass is 342 g/mol. The summed E-state index contributed by atoms with van der Waals surface area (Å²) in [4.78, 5) is 23.5. The molecule has 0 aliphatic carbocycles. The highest BCUT2D eigenvalue weighted by Gasteiger charge is 2.34. The van der Waals surface area contributed by atoms with Crippen molar-refractivity contribution in [1.82, 2.24) is 24.6 Å². The minimum Gasteiger partial charge on any atom is -0.295 e. The van der Waals surface area contributed by atoms with Crippen molar-refractivity contribution in [2.45, 2.75) is 20.0 Å². The van der Waals surface area contributed by atoms with Crippen molar-refractivity contribution in [2.75, 3.05) is 5.32 Å². The Morgan fingerprint density at radius 1 is 1.26 bits per heavy atom. The van der Waals surface area contributed by atoms with Gasteiger partial charge < -0.3 is 0 Å². The van der Waals surface area contributed by atoms with Gasteiger partial charge >= 0.3 is 6.18 Å². The van der Waals surface area contributed by atoms with E-state index in [1.807, 2.05) is 0 Å². The number of thiazole rings is 1. The molecule has 11 heteroatoms. The summed E-state index contributed by atoms with van der Waals surface area (Å²) in [6.07, 6.45) is -4.56. The number of hydrogen-bond donors (Lipinski definition) is 1. The third-order valence-corrected chi connectivity index (χ3v) is 3.59. The van der Waals surface area contributed by atoms with E-state index in [9.17, 15) is 18.0 Å². The summed E-state index contributed by atoms with van der Waals surface area (Å²) < 4.78 is 38.8. The predicted octanol–water partition coefficient (Wildman–Crippen LogP) is 2.47. The van der Waals surface area contributed by atoms with E-state index in [4.69, 9.17) is 0 Å². The van der Waals surface area contributed by atoms with Crippen LogP contribution in [0.5, 0.6) is 0 Å². The Labute approximate surface area is 131 Å². The Balaban J connectivity index is 1.86. The molecule has 0 unspecified atom stereocenters. The molecular weight excluding hydrogens is 333 g/mol. The number of rotatable bonds is 2. The van der Waals surface area contributed by atoms with Crippen LogP contribution in [-0.4, -0.2) is 30.5 Å². The first-order valence-electron chi connectivity index (χ1n) is 6.29. The van der Waals surface area contributed by atoms with Crippen molar-refractivity contribution in [3.05, 3.63) is 34.4 Å². The van der Waals surface area contributed by atoms with Gasteiger partial charge in [0, 0.05) is 16.8 Å². The summed E-state index contributed by atoms with van der Waals surface area (Å²) in [5.74, 6) is -0.714. The Bertz CT molecular complexity index is 900. The van der Waals surface area contributed by atoms with Crippen molar-refractivity contribution < 1.29 is 18.0 Å². The van der Waals surface area contributed by atoms with E-state index in [2.05, 4.69) is 25.4 Å². The zero-order chi connectivity index (χ0) is 16.8. The summed E-state index contributed by atoms with van der Waals surface area (Å²) >= 11 is 0.671. The molecule has 0 aromatic carbocycles. The number of nitrogens with zero attached hydrogens (tertiary/aromatic N) is 5. The molecule has 0 aliphatic rings. The predicted molar refractivity (Wildman–Crippen MR) is 75.3 cm³/mol. The first-order valence-corrected chi connectivity index (χ1v) is 7.17. The van der Waals surface area contributed by atoms with Gasteiger partial charge in [-0.3, -0.25) is 10.1 Å². The molecular formula is C12H9F3N6OS. The second kappa shape index (κ2) is 5.26. The summed E-state index contributed by atoms with van der Waals surface area (Å²) in [5.41, 5.74) is 0.380. The van der Waals surface area contributed by atoms with Gasteiger partial charge in [0.2, 0.25) is 5.82 Å². The van der Waals surface area contributed by atoms with Crippen molar-refractivity contribution in [1.29, 1.82) is 0 Å². The van der Waals surface area contributed by atoms with Crippen LogP contribution in [0.4, 0.5) is 18.3 Å². The number of anilines is 1. The highest BCUT2D eigenvalue weighted by molar-refractivity contribution is 7.14. The largest absolute Gasteiger partial charge is 0.434 e. The van der Waals surface area contributed by atoms with E-state index in [1.54, 1.807) is 19.9 Å². The lowest BCUT2D eigenvalue weighted by Gasteiger charge is -2.00. The van der Waals surface area contributed by atoms with Gasteiger partial charge in [0.15, 0.2) is 10.8 Å². The molecule has 0 aliphatic heterocycles. The molecule has 23 heavy (non-hydrogen) atoms. The maximum Gasteiger partial charge on any atom is 0.434 e. The van der Waals surface area contributed by atoms with Crippen molar-refractivity contribution >= 4 is 28.2 Å². The molecule has 1 amide bonds. The SMILES string of the molecule is Cc1cc(C)n2nc(C(=O)Nc3nc(C(F)(F)F)cs3)nc2n1. The van der Waals surface area contributed by atoms with Gasteiger partial charge in [-0.1, -0.05) is 0 Å². The van der Waals surface area contributed by atoms with Crippen molar-refractivity contribution in [2.24, 2.45) is 0 Å². The van der Waals surface area contributed by atoms with Crippen LogP contribution in [-0.2, 0) is 6.18 Å². The summed E-state index contributed by atoms with van der Waals surface area (Å²) in [7, 11) is 0. The topological polar surface area (TPSA) is 85.1 Å². The fourth-order valence-corrected chi connectivity index (χ4v) is 2.59. The van der Waals surface area contributed by atoms with E-state index in [0.29, 0.717) is 17.0 Å². The van der Waals surface area contributed by atoms with Crippen LogP contribution in [0.15, 0.2) is 11.4 Å². The zero-order valence-electron chi connectivity index (χ0n) is 11.8. The average molecular weight is 342 g/mol. The quantitative estimate of drug-likeness (QED) is 0.773. The first-order chi connectivity index (χ1) is 10.7. The minimum atomic E-state index is -4.56. The van der Waals surface area contributed by atoms with E-state index >= 15 is 0 Å². The van der Waals surface area contributed by atoms with Crippen LogP contribution in [0.2, 0.25) is 0 Å². The number of fused-ring (bicyclic) bond motifs is 1. The lowest BCUT2D eigenvalue weighted by Crippen LogP contribution is -2.14. The van der Waals surface area contributed by atoms with Gasteiger partial charge in [0.1, 0.15) is 0 Å². The van der Waals surface area contributed by atoms with Gasteiger partial charge in [-0.25, -0.2) is 14.5 Å². The summed E-state index contributed by atoms with van der Waals surface area (Å²) in [6.45, 7) is 3.55. The third kappa shape index (κ3) is 2.99. The number of nitrogens with one attached hydrogen (secondary N) is 1. The number of hydrogen-bond acceptors (Lipinski definition) is 6. The number of amides is 1. The van der Waals surface area contributed by atoms with Gasteiger partial charge in [-0.05, 0) is 19.9 Å². The number of carbonyl (C=O) groups is 1. The normalized spacial score (nSPS) is 11.9. The lowest BCUT2D eigenvalue weighted by molar-refractivity contribution is -0.140. The molecule has 3 heterocycles. The molecule has 0 spiro atoms. The van der Waals surface area contributed by atoms with E-state index in [-0.39, 0.29) is 16.7 Å². The molecule has 7 nitrogen and oxygen atoms in total. The summed E-state index contributed by atoms with van der Waals surface area (Å²) in [6, 6.07) is 1.76. The van der Waals surface area contributed by atoms with E-state index in [0.717, 1.165) is 11.1 Å². The smallest absolute Gasteiger partial charge is 0.295 e. The number of aryl methyl sites for hydroxylation is 2. The number of halogens is 3. The zero-order valence-corrected chi connectivity index (χ0v) is 12.7. The second-order valence-electron chi connectivity index (χ2n) is 4.68. The molecule has 3 aromatic rings.